The standard InChI is InChI=1S/C21H31N5O4/c1-3-30-17-6-4-16(5-7-17)23-19(27)14-18-21(29)22-8-9-26(18)20(28)15-25-12-10-24(2)11-13-25/h4-7,18H,3,8-15H2,1-2H3,(H,22,29)(H,23,27)/t18-/m1/s1. The van der Waals surface area contributed by atoms with Gasteiger partial charge in [0.2, 0.25) is 17.7 Å². The first-order valence-corrected chi connectivity index (χ1v) is 10.5. The molecule has 2 fully saturated rings. The Morgan fingerprint density at radius 3 is 2.50 bits per heavy atom. The number of nitrogens with zero attached hydrogens (tertiary/aromatic N) is 3. The van der Waals surface area contributed by atoms with Crippen LogP contribution in [0.25, 0.3) is 0 Å². The molecular formula is C21H31N5O4. The molecule has 2 aliphatic rings. The molecule has 0 aliphatic carbocycles. The predicted molar refractivity (Wildman–Crippen MR) is 113 cm³/mol. The Morgan fingerprint density at radius 2 is 1.83 bits per heavy atom. The quantitative estimate of drug-likeness (QED) is 0.648. The van der Waals surface area contributed by atoms with Gasteiger partial charge in [-0.05, 0) is 38.2 Å². The van der Waals surface area contributed by atoms with Crippen molar-refractivity contribution >= 4 is 23.4 Å². The van der Waals surface area contributed by atoms with Crippen LogP contribution in [-0.4, -0.2) is 97.9 Å². The molecule has 9 nitrogen and oxygen atoms in total. The Balaban J connectivity index is 1.57. The van der Waals surface area contributed by atoms with Crippen LogP contribution in [0.15, 0.2) is 24.3 Å². The number of likely N-dealkylation sites (N-methyl/N-ethyl adjacent to an activating group) is 1. The van der Waals surface area contributed by atoms with Crippen LogP contribution >= 0.6 is 0 Å². The van der Waals surface area contributed by atoms with E-state index in [-0.39, 0.29) is 30.7 Å². The number of hydrogen-bond donors (Lipinski definition) is 2. The van der Waals surface area contributed by atoms with E-state index >= 15 is 0 Å². The van der Waals surface area contributed by atoms with Crippen molar-refractivity contribution in [2.75, 3.05) is 64.8 Å². The highest BCUT2D eigenvalue weighted by Crippen LogP contribution is 2.17. The summed E-state index contributed by atoms with van der Waals surface area (Å²) in [6.07, 6.45) is -0.0759. The maximum Gasteiger partial charge on any atom is 0.243 e. The lowest BCUT2D eigenvalue weighted by molar-refractivity contribution is -0.145. The lowest BCUT2D eigenvalue weighted by Crippen LogP contribution is -2.60. The minimum absolute atomic E-state index is 0.0759. The van der Waals surface area contributed by atoms with Crippen LogP contribution in [0, 0.1) is 0 Å². The zero-order chi connectivity index (χ0) is 21.5. The number of anilines is 1. The Hall–Kier alpha value is -2.65. The summed E-state index contributed by atoms with van der Waals surface area (Å²) in [5.41, 5.74) is 0.620. The molecule has 2 N–H and O–H groups in total. The van der Waals surface area contributed by atoms with Crippen molar-refractivity contribution in [3.05, 3.63) is 24.3 Å². The first-order valence-electron chi connectivity index (χ1n) is 10.5. The van der Waals surface area contributed by atoms with Gasteiger partial charge in [-0.2, -0.15) is 0 Å². The molecule has 3 amide bonds. The van der Waals surface area contributed by atoms with E-state index in [9.17, 15) is 14.4 Å². The SMILES string of the molecule is CCOc1ccc(NC(=O)C[C@@H]2C(=O)NCCN2C(=O)CN2CCN(C)CC2)cc1. The van der Waals surface area contributed by atoms with Gasteiger partial charge >= 0.3 is 0 Å². The predicted octanol–water partition coefficient (Wildman–Crippen LogP) is -0.0117. The van der Waals surface area contributed by atoms with Crippen LogP contribution in [0.5, 0.6) is 5.75 Å². The second kappa shape index (κ2) is 10.4. The van der Waals surface area contributed by atoms with Gasteiger partial charge in [-0.25, -0.2) is 0 Å². The summed E-state index contributed by atoms with van der Waals surface area (Å²) in [5, 5.41) is 5.56. The molecule has 1 aromatic rings. The van der Waals surface area contributed by atoms with E-state index in [2.05, 4.69) is 27.5 Å². The largest absolute Gasteiger partial charge is 0.494 e. The average Bonchev–Trinajstić information content (AvgIpc) is 2.73. The Kier molecular flexibility index (Phi) is 7.64. The molecule has 0 bridgehead atoms. The maximum absolute atomic E-state index is 12.9. The third-order valence-corrected chi connectivity index (χ3v) is 5.43. The third kappa shape index (κ3) is 5.93. The lowest BCUT2D eigenvalue weighted by atomic mass is 10.1. The van der Waals surface area contributed by atoms with E-state index in [0.717, 1.165) is 31.9 Å². The summed E-state index contributed by atoms with van der Waals surface area (Å²) in [6.45, 7) is 7.06. The highest BCUT2D eigenvalue weighted by Gasteiger charge is 2.35. The second-order valence-corrected chi connectivity index (χ2v) is 7.68. The van der Waals surface area contributed by atoms with Crippen molar-refractivity contribution in [3.63, 3.8) is 0 Å². The Labute approximate surface area is 177 Å². The van der Waals surface area contributed by atoms with Crippen molar-refractivity contribution in [2.45, 2.75) is 19.4 Å². The Bertz CT molecular complexity index is 746. The molecule has 0 aromatic heterocycles. The van der Waals surface area contributed by atoms with E-state index in [1.807, 2.05) is 6.92 Å². The molecule has 2 heterocycles. The summed E-state index contributed by atoms with van der Waals surface area (Å²) in [4.78, 5) is 43.7. The number of piperazine rings is 2. The summed E-state index contributed by atoms with van der Waals surface area (Å²) in [5.74, 6) is 0.0320. The summed E-state index contributed by atoms with van der Waals surface area (Å²) in [6, 6.07) is 6.26. The molecule has 1 aromatic carbocycles. The minimum atomic E-state index is -0.790. The molecule has 0 unspecified atom stereocenters. The summed E-state index contributed by atoms with van der Waals surface area (Å²) in [7, 11) is 2.06. The van der Waals surface area contributed by atoms with Crippen LogP contribution in [0.1, 0.15) is 13.3 Å². The summed E-state index contributed by atoms with van der Waals surface area (Å²) < 4.78 is 5.39. The van der Waals surface area contributed by atoms with Gasteiger partial charge in [-0.1, -0.05) is 0 Å². The number of amides is 3. The fourth-order valence-electron chi connectivity index (χ4n) is 3.69. The number of hydrogen-bond acceptors (Lipinski definition) is 6. The highest BCUT2D eigenvalue weighted by molar-refractivity contribution is 5.97. The molecule has 3 rings (SSSR count). The van der Waals surface area contributed by atoms with Crippen molar-refractivity contribution in [3.8, 4) is 5.75 Å². The molecule has 1 atom stereocenters. The van der Waals surface area contributed by atoms with Gasteiger partial charge in [0, 0.05) is 45.0 Å². The van der Waals surface area contributed by atoms with Crippen LogP contribution < -0.4 is 15.4 Å². The number of carbonyl (C=O) groups excluding carboxylic acids is 3. The van der Waals surface area contributed by atoms with Gasteiger partial charge < -0.3 is 25.2 Å². The molecule has 9 heteroatoms. The highest BCUT2D eigenvalue weighted by atomic mass is 16.5. The maximum atomic E-state index is 12.9. The van der Waals surface area contributed by atoms with Crippen molar-refractivity contribution in [2.24, 2.45) is 0 Å². The zero-order valence-electron chi connectivity index (χ0n) is 17.7. The number of rotatable bonds is 7. The topological polar surface area (TPSA) is 94.2 Å². The zero-order valence-corrected chi connectivity index (χ0v) is 17.7. The first kappa shape index (κ1) is 22.0. The molecule has 0 spiro atoms. The number of nitrogens with one attached hydrogen (secondary N) is 2. The number of carbonyl (C=O) groups is 3. The molecule has 0 saturated carbocycles. The van der Waals surface area contributed by atoms with Gasteiger partial charge in [-0.3, -0.25) is 19.3 Å². The number of ether oxygens (including phenoxy) is 1. The molecule has 30 heavy (non-hydrogen) atoms. The van der Waals surface area contributed by atoms with E-state index in [4.69, 9.17) is 4.74 Å². The second-order valence-electron chi connectivity index (χ2n) is 7.68. The van der Waals surface area contributed by atoms with E-state index in [1.54, 1.807) is 29.2 Å². The average molecular weight is 418 g/mol. The molecule has 2 saturated heterocycles. The van der Waals surface area contributed by atoms with Crippen molar-refractivity contribution in [1.82, 2.24) is 20.0 Å². The van der Waals surface area contributed by atoms with Gasteiger partial charge in [0.15, 0.2) is 0 Å². The Morgan fingerprint density at radius 1 is 1.13 bits per heavy atom. The molecule has 2 aliphatic heterocycles. The van der Waals surface area contributed by atoms with Crippen LogP contribution in [0.3, 0.4) is 0 Å². The van der Waals surface area contributed by atoms with E-state index in [0.29, 0.717) is 25.4 Å². The van der Waals surface area contributed by atoms with Crippen LogP contribution in [0.4, 0.5) is 5.69 Å². The van der Waals surface area contributed by atoms with Crippen molar-refractivity contribution < 1.29 is 19.1 Å². The first-order chi connectivity index (χ1) is 14.5. The van der Waals surface area contributed by atoms with Gasteiger partial charge in [0.1, 0.15) is 11.8 Å². The van der Waals surface area contributed by atoms with Crippen LogP contribution in [0.2, 0.25) is 0 Å². The van der Waals surface area contributed by atoms with E-state index < -0.39 is 6.04 Å². The van der Waals surface area contributed by atoms with E-state index in [1.165, 1.54) is 0 Å². The summed E-state index contributed by atoms with van der Waals surface area (Å²) >= 11 is 0. The third-order valence-electron chi connectivity index (χ3n) is 5.43. The molecule has 164 valence electrons. The monoisotopic (exact) mass is 417 g/mol. The smallest absolute Gasteiger partial charge is 0.243 e. The lowest BCUT2D eigenvalue weighted by Gasteiger charge is -2.37. The van der Waals surface area contributed by atoms with Gasteiger partial charge in [0.05, 0.1) is 19.6 Å². The fraction of sp³-hybridized carbons (Fsp3) is 0.571. The minimum Gasteiger partial charge on any atom is -0.494 e. The van der Waals surface area contributed by atoms with Crippen LogP contribution in [-0.2, 0) is 14.4 Å². The normalized spacial score (nSPS) is 20.5. The molecule has 0 radical (unpaired) electrons. The fourth-order valence-corrected chi connectivity index (χ4v) is 3.69. The van der Waals surface area contributed by atoms with Crippen molar-refractivity contribution in [1.29, 1.82) is 0 Å². The van der Waals surface area contributed by atoms with Gasteiger partial charge in [-0.15, -0.1) is 0 Å². The van der Waals surface area contributed by atoms with Gasteiger partial charge in [0.25, 0.3) is 0 Å². The number of benzene rings is 1. The molecular weight excluding hydrogens is 386 g/mol.